The van der Waals surface area contributed by atoms with E-state index in [4.69, 9.17) is 18.9 Å². The summed E-state index contributed by atoms with van der Waals surface area (Å²) in [5.74, 6) is -3.76. The van der Waals surface area contributed by atoms with Crippen LogP contribution in [0, 0.1) is 0 Å². The molecule has 18 heteroatoms. The highest BCUT2D eigenvalue weighted by Gasteiger charge is 2.34. The second-order valence-corrected chi connectivity index (χ2v) is 12.5. The van der Waals surface area contributed by atoms with Gasteiger partial charge in [0, 0.05) is 59.0 Å². The highest BCUT2D eigenvalue weighted by molar-refractivity contribution is 5.76. The summed E-state index contributed by atoms with van der Waals surface area (Å²) in [7, 11) is 1.17. The summed E-state index contributed by atoms with van der Waals surface area (Å²) in [6.45, 7) is 2.43. The Kier molecular flexibility index (Phi) is 22.0. The van der Waals surface area contributed by atoms with E-state index in [1.807, 2.05) is 31.2 Å². The van der Waals surface area contributed by atoms with E-state index in [-0.39, 0.29) is 58.8 Å². The molecule has 0 spiro atoms. The minimum atomic E-state index is -1.35. The maximum absolute atomic E-state index is 12.7. The predicted molar refractivity (Wildman–Crippen MR) is 190 cm³/mol. The lowest BCUT2D eigenvalue weighted by molar-refractivity contribution is -0.151. The quantitative estimate of drug-likeness (QED) is 0.0552. The third-order valence-electron chi connectivity index (χ3n) is 9.25. The van der Waals surface area contributed by atoms with Gasteiger partial charge < -0.3 is 49.6 Å². The fraction of sp³-hybridized carbons (Fsp3) is 0.714. The van der Waals surface area contributed by atoms with Crippen LogP contribution in [0.5, 0.6) is 5.75 Å². The number of hydrogen-bond acceptors (Lipinski definition) is 15. The molecular formula is C35H58N4O14. The van der Waals surface area contributed by atoms with E-state index < -0.39 is 67.9 Å². The minimum Gasteiger partial charge on any atom is -0.491 e. The van der Waals surface area contributed by atoms with Gasteiger partial charge in [0.25, 0.3) is 0 Å². The lowest BCUT2D eigenvalue weighted by Crippen LogP contribution is -2.57. The summed E-state index contributed by atoms with van der Waals surface area (Å²) < 4.78 is 21.3. The lowest BCUT2D eigenvalue weighted by atomic mass is 10.0. The molecule has 1 aromatic carbocycles. The second kappa shape index (κ2) is 25.5. The number of rotatable bonds is 23. The number of ether oxygens (including phenoxy) is 4. The molecule has 1 aromatic rings. The molecule has 53 heavy (non-hydrogen) atoms. The minimum absolute atomic E-state index is 0.00542. The normalized spacial score (nSPS) is 18.2. The van der Waals surface area contributed by atoms with Crippen molar-refractivity contribution in [2.45, 2.75) is 50.4 Å². The van der Waals surface area contributed by atoms with Crippen LogP contribution in [0.3, 0.4) is 0 Å². The van der Waals surface area contributed by atoms with Gasteiger partial charge in [-0.2, -0.15) is 0 Å². The predicted octanol–water partition coefficient (Wildman–Crippen LogP) is -1.46. The molecule has 18 nitrogen and oxygen atoms in total. The standard InChI is InChI=1S/C35H58N4O14/c1-3-51-19-20-52-21-22-53-27-9-7-26(8-10-27)5-4-6-28(32(43)44)36-11-13-37(29(23-40)33(45)46)14-15-38(30(24-41)34(47)48)16-18-39(17-12-36)31(25-42)35(49)50-2/h7-10,28-31,40-42H,3-6,11-25H2,1-2H3,(H,43,44)(H,45,46)(H,47,48)/t28-,29-,30-,31+/m0/s1. The number of aliphatic hydroxyl groups excluding tert-OH is 3. The Balaban J connectivity index is 2.25. The smallest absolute Gasteiger partial charge is 0.325 e. The number of hydrogen-bond donors (Lipinski definition) is 6. The van der Waals surface area contributed by atoms with Crippen molar-refractivity contribution >= 4 is 23.9 Å². The maximum Gasteiger partial charge on any atom is 0.325 e. The third-order valence-corrected chi connectivity index (χ3v) is 9.25. The van der Waals surface area contributed by atoms with E-state index in [0.717, 1.165) is 5.56 Å². The largest absolute Gasteiger partial charge is 0.491 e. The molecule has 0 radical (unpaired) electrons. The highest BCUT2D eigenvalue weighted by atomic mass is 16.5. The number of esters is 1. The molecule has 302 valence electrons. The number of aliphatic hydroxyl groups is 3. The number of methoxy groups -OCH3 is 1. The zero-order valence-electron chi connectivity index (χ0n) is 30.8. The Hall–Kier alpha value is -3.46. The van der Waals surface area contributed by atoms with Crippen LogP contribution in [0.4, 0.5) is 0 Å². The van der Waals surface area contributed by atoms with E-state index in [2.05, 4.69) is 0 Å². The average molecular weight is 759 g/mol. The Morgan fingerprint density at radius 1 is 0.623 bits per heavy atom. The van der Waals surface area contributed by atoms with Crippen molar-refractivity contribution in [3.8, 4) is 5.75 Å². The van der Waals surface area contributed by atoms with Gasteiger partial charge in [-0.05, 0) is 43.9 Å². The van der Waals surface area contributed by atoms with Gasteiger partial charge in [0.2, 0.25) is 0 Å². The first-order valence-corrected chi connectivity index (χ1v) is 17.9. The first-order chi connectivity index (χ1) is 25.5. The third kappa shape index (κ3) is 15.8. The van der Waals surface area contributed by atoms with Crippen LogP contribution in [0.2, 0.25) is 0 Å². The molecule has 6 N–H and O–H groups in total. The van der Waals surface area contributed by atoms with Crippen molar-refractivity contribution in [3.63, 3.8) is 0 Å². The first-order valence-electron chi connectivity index (χ1n) is 17.9. The van der Waals surface area contributed by atoms with Gasteiger partial charge in [-0.15, -0.1) is 0 Å². The van der Waals surface area contributed by atoms with E-state index in [1.54, 1.807) is 9.80 Å². The summed E-state index contributed by atoms with van der Waals surface area (Å²) in [5.41, 5.74) is 0.976. The summed E-state index contributed by atoms with van der Waals surface area (Å²) in [6.07, 6.45) is 1.31. The summed E-state index contributed by atoms with van der Waals surface area (Å²) in [5, 5.41) is 60.1. The highest BCUT2D eigenvalue weighted by Crippen LogP contribution is 2.18. The monoisotopic (exact) mass is 758 g/mol. The van der Waals surface area contributed by atoms with E-state index in [1.165, 1.54) is 16.9 Å². The zero-order valence-corrected chi connectivity index (χ0v) is 30.8. The second-order valence-electron chi connectivity index (χ2n) is 12.5. The van der Waals surface area contributed by atoms with Gasteiger partial charge in [0.05, 0.1) is 46.8 Å². The van der Waals surface area contributed by atoms with Gasteiger partial charge in [0.1, 0.15) is 36.5 Å². The van der Waals surface area contributed by atoms with Crippen LogP contribution in [0.1, 0.15) is 25.3 Å². The fourth-order valence-corrected chi connectivity index (χ4v) is 6.19. The van der Waals surface area contributed by atoms with Gasteiger partial charge >= 0.3 is 23.9 Å². The van der Waals surface area contributed by atoms with Crippen LogP contribution < -0.4 is 4.74 Å². The number of carboxylic acid groups (broad SMARTS) is 3. The maximum atomic E-state index is 12.7. The van der Waals surface area contributed by atoms with Crippen LogP contribution >= 0.6 is 0 Å². The summed E-state index contributed by atoms with van der Waals surface area (Å²) in [6, 6.07) is 2.65. The van der Waals surface area contributed by atoms with E-state index in [9.17, 15) is 49.8 Å². The van der Waals surface area contributed by atoms with E-state index in [0.29, 0.717) is 51.6 Å². The van der Waals surface area contributed by atoms with Crippen molar-refractivity contribution in [2.75, 3.05) is 112 Å². The molecule has 0 aromatic heterocycles. The van der Waals surface area contributed by atoms with Crippen LogP contribution in [0.25, 0.3) is 0 Å². The Morgan fingerprint density at radius 2 is 1.04 bits per heavy atom. The molecule has 4 atom stereocenters. The molecule has 0 unspecified atom stereocenters. The van der Waals surface area contributed by atoms with Crippen molar-refractivity contribution in [3.05, 3.63) is 29.8 Å². The first kappa shape index (κ1) is 45.7. The molecule has 0 amide bonds. The number of aliphatic carboxylic acids is 3. The number of nitrogens with zero attached hydrogens (tertiary/aromatic N) is 4. The lowest BCUT2D eigenvalue weighted by Gasteiger charge is -2.39. The SMILES string of the molecule is CCOCCOCCOc1ccc(CCC[C@@H](C(=O)O)N2CCN([C@H](CO)C(=O)OC)CCN([C@@H](CO)C(=O)O)CCN([C@@H](CO)C(=O)O)CC2)cc1. The van der Waals surface area contributed by atoms with Gasteiger partial charge in [0.15, 0.2) is 0 Å². The Bertz CT molecular complexity index is 1230. The van der Waals surface area contributed by atoms with Crippen molar-refractivity contribution in [2.24, 2.45) is 0 Å². The number of carbonyl (C=O) groups excluding carboxylic acids is 1. The number of carbonyl (C=O) groups is 4. The number of aryl methyl sites for hydroxylation is 1. The zero-order chi connectivity index (χ0) is 39.2. The van der Waals surface area contributed by atoms with Crippen LogP contribution in [-0.4, -0.2) is 211 Å². The molecule has 0 saturated carbocycles. The molecule has 2 rings (SSSR count). The van der Waals surface area contributed by atoms with Crippen LogP contribution in [0.15, 0.2) is 24.3 Å². The van der Waals surface area contributed by atoms with Gasteiger partial charge in [-0.25, -0.2) is 0 Å². The molecule has 0 aliphatic carbocycles. The van der Waals surface area contributed by atoms with Crippen molar-refractivity contribution in [1.29, 1.82) is 0 Å². The van der Waals surface area contributed by atoms with Gasteiger partial charge in [-0.3, -0.25) is 38.8 Å². The van der Waals surface area contributed by atoms with Gasteiger partial charge in [-0.1, -0.05) is 12.1 Å². The summed E-state index contributed by atoms with van der Waals surface area (Å²) >= 11 is 0. The molecule has 1 aliphatic heterocycles. The molecule has 1 heterocycles. The fourth-order valence-electron chi connectivity index (χ4n) is 6.19. The Labute approximate surface area is 310 Å². The number of carboxylic acids is 3. The molecule has 1 saturated heterocycles. The Morgan fingerprint density at radius 3 is 1.45 bits per heavy atom. The van der Waals surface area contributed by atoms with E-state index >= 15 is 0 Å². The van der Waals surface area contributed by atoms with Crippen LogP contribution in [-0.2, 0) is 39.8 Å². The van der Waals surface area contributed by atoms with Crippen molar-refractivity contribution in [1.82, 2.24) is 19.6 Å². The molecular weight excluding hydrogens is 700 g/mol. The summed E-state index contributed by atoms with van der Waals surface area (Å²) in [4.78, 5) is 55.7. The molecule has 1 fully saturated rings. The topological polar surface area (TPSA) is 240 Å². The number of benzene rings is 1. The average Bonchev–Trinajstić information content (AvgIpc) is 3.13. The molecule has 0 bridgehead atoms. The molecule has 1 aliphatic rings. The van der Waals surface area contributed by atoms with Crippen molar-refractivity contribution < 1.29 is 68.8 Å².